The van der Waals surface area contributed by atoms with Crippen LogP contribution < -0.4 is 16.6 Å². The summed E-state index contributed by atoms with van der Waals surface area (Å²) >= 11 is 0. The molecule has 0 atom stereocenters. The summed E-state index contributed by atoms with van der Waals surface area (Å²) in [6, 6.07) is 9.96. The first-order valence-electron chi connectivity index (χ1n) is 5.31. The largest absolute Gasteiger partial charge is 0.323 e. The Labute approximate surface area is 99.7 Å². The molecule has 4 N–H and O–H groups in total. The molecule has 0 aliphatic carbocycles. The molecule has 1 aromatic carbocycles. The number of nitrogens with one attached hydrogen (secondary N) is 2. The molecule has 5 heteroatoms. The maximum atomic E-state index is 5.34. The molecule has 1 heterocycles. The van der Waals surface area contributed by atoms with E-state index in [1.807, 2.05) is 37.3 Å². The Morgan fingerprint density at radius 1 is 1.29 bits per heavy atom. The number of guanidine groups is 1. The highest BCUT2D eigenvalue weighted by Crippen LogP contribution is 2.21. The first kappa shape index (κ1) is 11.3. The van der Waals surface area contributed by atoms with E-state index >= 15 is 0 Å². The van der Waals surface area contributed by atoms with Gasteiger partial charge in [0.25, 0.3) is 0 Å². The number of benzene rings is 1. The number of rotatable bonds is 1. The van der Waals surface area contributed by atoms with Gasteiger partial charge in [-0.15, -0.1) is 0 Å². The van der Waals surface area contributed by atoms with Crippen molar-refractivity contribution in [2.75, 3.05) is 12.4 Å². The number of hydrazine groups is 1. The van der Waals surface area contributed by atoms with Gasteiger partial charge in [-0.1, -0.05) is 18.2 Å². The van der Waals surface area contributed by atoms with Crippen LogP contribution in [0.2, 0.25) is 0 Å². The molecular formula is C12H15N5. The number of anilines is 1. The molecule has 88 valence electrons. The highest BCUT2D eigenvalue weighted by molar-refractivity contribution is 6.01. The SMILES string of the molecule is CN=C(NN)Nc1cccc2ccc(C)nc12. The number of hydrogen-bond donors (Lipinski definition) is 3. The zero-order chi connectivity index (χ0) is 12.3. The van der Waals surface area contributed by atoms with Gasteiger partial charge < -0.3 is 5.32 Å². The van der Waals surface area contributed by atoms with Crippen molar-refractivity contribution in [1.82, 2.24) is 10.4 Å². The van der Waals surface area contributed by atoms with Gasteiger partial charge in [0.1, 0.15) is 0 Å². The fourth-order valence-corrected chi connectivity index (χ4v) is 1.63. The molecule has 5 nitrogen and oxygen atoms in total. The van der Waals surface area contributed by atoms with Crippen LogP contribution in [-0.2, 0) is 0 Å². The lowest BCUT2D eigenvalue weighted by Crippen LogP contribution is -2.36. The number of aliphatic imine (C=N–C) groups is 1. The fourth-order valence-electron chi connectivity index (χ4n) is 1.63. The van der Waals surface area contributed by atoms with Crippen molar-refractivity contribution in [1.29, 1.82) is 0 Å². The lowest BCUT2D eigenvalue weighted by atomic mass is 10.2. The van der Waals surface area contributed by atoms with Crippen molar-refractivity contribution in [2.45, 2.75) is 6.92 Å². The molecule has 0 saturated carbocycles. The molecule has 0 saturated heterocycles. The molecule has 0 radical (unpaired) electrons. The van der Waals surface area contributed by atoms with Crippen molar-refractivity contribution < 1.29 is 0 Å². The molecule has 0 bridgehead atoms. The monoisotopic (exact) mass is 229 g/mol. The summed E-state index contributed by atoms with van der Waals surface area (Å²) in [6.07, 6.45) is 0. The van der Waals surface area contributed by atoms with Gasteiger partial charge in [-0.3, -0.25) is 15.4 Å². The molecule has 17 heavy (non-hydrogen) atoms. The Hall–Kier alpha value is -2.14. The summed E-state index contributed by atoms with van der Waals surface area (Å²) in [5.41, 5.74) is 5.25. The van der Waals surface area contributed by atoms with E-state index in [4.69, 9.17) is 5.84 Å². The zero-order valence-corrected chi connectivity index (χ0v) is 9.86. The van der Waals surface area contributed by atoms with Crippen molar-refractivity contribution in [3.05, 3.63) is 36.0 Å². The molecule has 0 spiro atoms. The van der Waals surface area contributed by atoms with Crippen LogP contribution in [0.5, 0.6) is 0 Å². The summed E-state index contributed by atoms with van der Waals surface area (Å²) in [6.45, 7) is 1.96. The number of aryl methyl sites for hydroxylation is 1. The number of nitrogens with zero attached hydrogens (tertiary/aromatic N) is 2. The molecular weight excluding hydrogens is 214 g/mol. The van der Waals surface area contributed by atoms with Gasteiger partial charge in [-0.25, -0.2) is 5.84 Å². The average molecular weight is 229 g/mol. The second-order valence-electron chi connectivity index (χ2n) is 3.67. The van der Waals surface area contributed by atoms with E-state index in [1.165, 1.54) is 0 Å². The molecule has 1 aromatic heterocycles. The number of fused-ring (bicyclic) bond motifs is 1. The predicted molar refractivity (Wildman–Crippen MR) is 70.8 cm³/mol. The molecule has 0 amide bonds. The maximum absolute atomic E-state index is 5.34. The van der Waals surface area contributed by atoms with E-state index in [0.717, 1.165) is 22.3 Å². The van der Waals surface area contributed by atoms with Crippen LogP contribution in [0.3, 0.4) is 0 Å². The van der Waals surface area contributed by atoms with Crippen molar-refractivity contribution in [2.24, 2.45) is 10.8 Å². The van der Waals surface area contributed by atoms with E-state index < -0.39 is 0 Å². The number of para-hydroxylation sites is 1. The van der Waals surface area contributed by atoms with Crippen LogP contribution in [-0.4, -0.2) is 18.0 Å². The average Bonchev–Trinajstić information content (AvgIpc) is 2.36. The van der Waals surface area contributed by atoms with E-state index in [-0.39, 0.29) is 0 Å². The quantitative estimate of drug-likeness (QED) is 0.299. The molecule has 0 fully saturated rings. The van der Waals surface area contributed by atoms with Crippen LogP contribution in [0, 0.1) is 6.92 Å². The van der Waals surface area contributed by atoms with E-state index in [0.29, 0.717) is 5.96 Å². The minimum Gasteiger partial charge on any atom is -0.323 e. The summed E-state index contributed by atoms with van der Waals surface area (Å²) in [5, 5.41) is 4.18. The summed E-state index contributed by atoms with van der Waals surface area (Å²) in [5.74, 6) is 5.84. The second-order valence-corrected chi connectivity index (χ2v) is 3.67. The van der Waals surface area contributed by atoms with Crippen LogP contribution in [0.25, 0.3) is 10.9 Å². The first-order chi connectivity index (χ1) is 8.24. The van der Waals surface area contributed by atoms with Crippen molar-refractivity contribution in [3.63, 3.8) is 0 Å². The van der Waals surface area contributed by atoms with Crippen molar-refractivity contribution in [3.8, 4) is 0 Å². The predicted octanol–water partition coefficient (Wildman–Crippen LogP) is 1.40. The summed E-state index contributed by atoms with van der Waals surface area (Å²) in [7, 11) is 1.66. The van der Waals surface area contributed by atoms with Gasteiger partial charge in [0.15, 0.2) is 0 Å². The number of hydrogen-bond acceptors (Lipinski definition) is 3. The lowest BCUT2D eigenvalue weighted by Gasteiger charge is -2.10. The van der Waals surface area contributed by atoms with E-state index in [1.54, 1.807) is 7.05 Å². The van der Waals surface area contributed by atoms with Gasteiger partial charge in [-0.2, -0.15) is 0 Å². The number of pyridine rings is 1. The Morgan fingerprint density at radius 2 is 2.12 bits per heavy atom. The maximum Gasteiger partial charge on any atom is 0.210 e. The highest BCUT2D eigenvalue weighted by Gasteiger charge is 2.04. The molecule has 2 rings (SSSR count). The Balaban J connectivity index is 2.50. The van der Waals surface area contributed by atoms with Gasteiger partial charge in [-0.05, 0) is 19.1 Å². The van der Waals surface area contributed by atoms with Gasteiger partial charge >= 0.3 is 0 Å². The van der Waals surface area contributed by atoms with E-state index in [2.05, 4.69) is 20.7 Å². The van der Waals surface area contributed by atoms with Crippen LogP contribution in [0.15, 0.2) is 35.3 Å². The third-order valence-corrected chi connectivity index (χ3v) is 2.47. The Kier molecular flexibility index (Phi) is 3.20. The van der Waals surface area contributed by atoms with Crippen LogP contribution >= 0.6 is 0 Å². The molecule has 0 aliphatic rings. The third-order valence-electron chi connectivity index (χ3n) is 2.47. The summed E-state index contributed by atoms with van der Waals surface area (Å²) in [4.78, 5) is 8.48. The second kappa shape index (κ2) is 4.80. The highest BCUT2D eigenvalue weighted by atomic mass is 15.3. The van der Waals surface area contributed by atoms with Crippen LogP contribution in [0.1, 0.15) is 5.69 Å². The Morgan fingerprint density at radius 3 is 2.82 bits per heavy atom. The summed E-state index contributed by atoms with van der Waals surface area (Å²) < 4.78 is 0. The molecule has 0 aliphatic heterocycles. The smallest absolute Gasteiger partial charge is 0.210 e. The van der Waals surface area contributed by atoms with Gasteiger partial charge in [0.05, 0.1) is 11.2 Å². The topological polar surface area (TPSA) is 75.3 Å². The minimum atomic E-state index is 0.501. The number of nitrogens with two attached hydrogens (primary N) is 1. The van der Waals surface area contributed by atoms with Crippen LogP contribution in [0.4, 0.5) is 5.69 Å². The zero-order valence-electron chi connectivity index (χ0n) is 9.86. The standard InChI is InChI=1S/C12H15N5/c1-8-6-7-9-4-3-5-10(11(9)15-8)16-12(14-2)17-13/h3-7H,13H2,1-2H3,(H2,14,16,17). The number of aromatic nitrogens is 1. The Bertz CT molecular complexity index is 562. The molecule has 2 aromatic rings. The third kappa shape index (κ3) is 2.34. The minimum absolute atomic E-state index is 0.501. The van der Waals surface area contributed by atoms with E-state index in [9.17, 15) is 0 Å². The first-order valence-corrected chi connectivity index (χ1v) is 5.31. The fraction of sp³-hybridized carbons (Fsp3) is 0.167. The molecule has 0 unspecified atom stereocenters. The lowest BCUT2D eigenvalue weighted by molar-refractivity contribution is 1.01. The van der Waals surface area contributed by atoms with Gasteiger partial charge in [0, 0.05) is 18.1 Å². The van der Waals surface area contributed by atoms with Crippen molar-refractivity contribution >= 4 is 22.5 Å². The normalized spacial score (nSPS) is 11.6. The van der Waals surface area contributed by atoms with Gasteiger partial charge in [0.2, 0.25) is 5.96 Å².